The van der Waals surface area contributed by atoms with E-state index in [9.17, 15) is 4.79 Å². The highest BCUT2D eigenvalue weighted by Gasteiger charge is 2.13. The Balaban J connectivity index is 1.75. The molecule has 20 heavy (non-hydrogen) atoms. The predicted octanol–water partition coefficient (Wildman–Crippen LogP) is 3.60. The number of carbonyl (C=O) groups is 1. The van der Waals surface area contributed by atoms with Crippen LogP contribution in [0.5, 0.6) is 0 Å². The van der Waals surface area contributed by atoms with E-state index < -0.39 is 0 Å². The van der Waals surface area contributed by atoms with Crippen LogP contribution in [0.4, 0.5) is 5.82 Å². The average Bonchev–Trinajstić information content (AvgIpc) is 3.13. The minimum atomic E-state index is -0.302. The molecule has 3 heterocycles. The molecule has 3 aromatic rings. The monoisotopic (exact) mass is 351 g/mol. The average molecular weight is 352 g/mol. The quantitative estimate of drug-likeness (QED) is 0.781. The standard InChI is InChI=1S/C13H10BrN3O2S/c14-11-4-3-10(19-11)13(18)16-12-5-6-15-17(12)8-9-2-1-7-20-9/h1-7H,8H2,(H,16,18). The van der Waals surface area contributed by atoms with Crippen LogP contribution in [0.3, 0.4) is 0 Å². The van der Waals surface area contributed by atoms with Crippen molar-refractivity contribution in [1.82, 2.24) is 9.78 Å². The predicted molar refractivity (Wildman–Crippen MR) is 80.0 cm³/mol. The van der Waals surface area contributed by atoms with Crippen molar-refractivity contribution in [3.63, 3.8) is 0 Å². The maximum atomic E-state index is 12.0. The lowest BCUT2D eigenvalue weighted by Crippen LogP contribution is -2.15. The van der Waals surface area contributed by atoms with Crippen LogP contribution in [0.25, 0.3) is 0 Å². The van der Waals surface area contributed by atoms with Gasteiger partial charge in [-0.3, -0.25) is 4.79 Å². The Morgan fingerprint density at radius 3 is 3.00 bits per heavy atom. The molecule has 1 N–H and O–H groups in total. The third-order valence-corrected chi connectivity index (χ3v) is 3.93. The highest BCUT2D eigenvalue weighted by molar-refractivity contribution is 9.10. The van der Waals surface area contributed by atoms with Gasteiger partial charge in [0, 0.05) is 10.9 Å². The van der Waals surface area contributed by atoms with Gasteiger partial charge in [0.05, 0.1) is 12.7 Å². The molecule has 0 atom stereocenters. The van der Waals surface area contributed by atoms with Crippen LogP contribution < -0.4 is 5.32 Å². The Kier molecular flexibility index (Phi) is 3.70. The van der Waals surface area contributed by atoms with E-state index in [4.69, 9.17) is 4.42 Å². The zero-order valence-corrected chi connectivity index (χ0v) is 12.6. The van der Waals surface area contributed by atoms with Gasteiger partial charge in [0.15, 0.2) is 10.4 Å². The van der Waals surface area contributed by atoms with Crippen molar-refractivity contribution in [2.75, 3.05) is 5.32 Å². The Morgan fingerprint density at radius 2 is 2.30 bits per heavy atom. The van der Waals surface area contributed by atoms with Crippen molar-refractivity contribution in [3.05, 3.63) is 57.2 Å². The smallest absolute Gasteiger partial charge is 0.292 e. The number of aromatic nitrogens is 2. The number of rotatable bonds is 4. The van der Waals surface area contributed by atoms with E-state index in [1.807, 2.05) is 17.5 Å². The van der Waals surface area contributed by atoms with Crippen molar-refractivity contribution < 1.29 is 9.21 Å². The first-order valence-corrected chi connectivity index (χ1v) is 7.50. The molecule has 7 heteroatoms. The number of hydrogen-bond acceptors (Lipinski definition) is 4. The normalized spacial score (nSPS) is 10.7. The number of hydrogen-bond donors (Lipinski definition) is 1. The molecule has 3 rings (SSSR count). The van der Waals surface area contributed by atoms with Crippen molar-refractivity contribution in [2.45, 2.75) is 6.54 Å². The van der Waals surface area contributed by atoms with E-state index in [0.29, 0.717) is 17.0 Å². The molecular formula is C13H10BrN3O2S. The number of halogens is 1. The lowest BCUT2D eigenvalue weighted by atomic mass is 10.4. The second kappa shape index (κ2) is 5.64. The molecule has 0 aliphatic heterocycles. The molecule has 1 amide bonds. The molecule has 102 valence electrons. The van der Waals surface area contributed by atoms with Crippen LogP contribution in [-0.2, 0) is 6.54 Å². The topological polar surface area (TPSA) is 60.1 Å². The maximum Gasteiger partial charge on any atom is 0.292 e. The summed E-state index contributed by atoms with van der Waals surface area (Å²) in [6.07, 6.45) is 1.65. The molecule has 0 aromatic carbocycles. The molecule has 0 saturated heterocycles. The zero-order chi connectivity index (χ0) is 13.9. The van der Waals surface area contributed by atoms with Crippen LogP contribution in [-0.4, -0.2) is 15.7 Å². The number of amides is 1. The fourth-order valence-corrected chi connectivity index (χ4v) is 2.72. The van der Waals surface area contributed by atoms with Crippen LogP contribution in [0.15, 0.2) is 51.0 Å². The number of carbonyl (C=O) groups excluding carboxylic acids is 1. The molecule has 0 bridgehead atoms. The molecule has 0 fully saturated rings. The second-order valence-electron chi connectivity index (χ2n) is 4.01. The minimum Gasteiger partial charge on any atom is -0.444 e. The number of nitrogens with one attached hydrogen (secondary N) is 1. The van der Waals surface area contributed by atoms with Crippen molar-refractivity contribution in [3.8, 4) is 0 Å². The summed E-state index contributed by atoms with van der Waals surface area (Å²) < 4.78 is 7.48. The Labute approximate surface area is 127 Å². The van der Waals surface area contributed by atoms with E-state index in [1.54, 1.807) is 40.4 Å². The Morgan fingerprint density at radius 1 is 1.40 bits per heavy atom. The zero-order valence-electron chi connectivity index (χ0n) is 10.2. The van der Waals surface area contributed by atoms with Crippen LogP contribution in [0.2, 0.25) is 0 Å². The molecule has 0 unspecified atom stereocenters. The van der Waals surface area contributed by atoms with Crippen molar-refractivity contribution in [1.29, 1.82) is 0 Å². The Bertz CT molecular complexity index is 718. The molecule has 0 aliphatic rings. The van der Waals surface area contributed by atoms with Gasteiger partial charge in [-0.15, -0.1) is 11.3 Å². The summed E-state index contributed by atoms with van der Waals surface area (Å²) in [5, 5.41) is 9.01. The fraction of sp³-hybridized carbons (Fsp3) is 0.0769. The summed E-state index contributed by atoms with van der Waals surface area (Å²) >= 11 is 4.82. The summed E-state index contributed by atoms with van der Waals surface area (Å²) in [6.45, 7) is 0.627. The molecule has 0 radical (unpaired) electrons. The summed E-state index contributed by atoms with van der Waals surface area (Å²) in [5.41, 5.74) is 0. The number of furan rings is 1. The van der Waals surface area contributed by atoms with Crippen molar-refractivity contribution >= 4 is 39.0 Å². The maximum absolute atomic E-state index is 12.0. The van der Waals surface area contributed by atoms with Crippen molar-refractivity contribution in [2.24, 2.45) is 0 Å². The summed E-state index contributed by atoms with van der Waals surface area (Å²) in [4.78, 5) is 13.2. The number of nitrogens with zero attached hydrogens (tertiary/aromatic N) is 2. The molecule has 0 aliphatic carbocycles. The van der Waals surface area contributed by atoms with Gasteiger partial charge in [0.25, 0.3) is 5.91 Å². The van der Waals surface area contributed by atoms with Gasteiger partial charge in [0.1, 0.15) is 5.82 Å². The van der Waals surface area contributed by atoms with Gasteiger partial charge in [-0.1, -0.05) is 6.07 Å². The van der Waals surface area contributed by atoms with Gasteiger partial charge in [-0.05, 0) is 39.5 Å². The Hall–Kier alpha value is -1.86. The summed E-state index contributed by atoms with van der Waals surface area (Å²) in [7, 11) is 0. The van der Waals surface area contributed by atoms with Crippen LogP contribution >= 0.6 is 27.3 Å². The SMILES string of the molecule is O=C(Nc1ccnn1Cc1cccs1)c1ccc(Br)o1. The third-order valence-electron chi connectivity index (χ3n) is 2.64. The van der Waals surface area contributed by atoms with E-state index in [1.165, 1.54) is 4.88 Å². The molecule has 0 saturated carbocycles. The highest BCUT2D eigenvalue weighted by atomic mass is 79.9. The first-order valence-electron chi connectivity index (χ1n) is 5.83. The molecule has 3 aromatic heterocycles. The largest absolute Gasteiger partial charge is 0.444 e. The molecule has 5 nitrogen and oxygen atoms in total. The first-order chi connectivity index (χ1) is 9.72. The van der Waals surface area contributed by atoms with E-state index in [-0.39, 0.29) is 11.7 Å². The summed E-state index contributed by atoms with van der Waals surface area (Å²) in [6, 6.07) is 9.06. The van der Waals surface area contributed by atoms with Gasteiger partial charge < -0.3 is 9.73 Å². The lowest BCUT2D eigenvalue weighted by Gasteiger charge is -2.06. The second-order valence-corrected chi connectivity index (χ2v) is 5.83. The van der Waals surface area contributed by atoms with E-state index in [2.05, 4.69) is 26.3 Å². The molecule has 0 spiro atoms. The van der Waals surface area contributed by atoms with Gasteiger partial charge in [0.2, 0.25) is 0 Å². The molecular weight excluding hydrogens is 342 g/mol. The van der Waals surface area contributed by atoms with Crippen LogP contribution in [0.1, 0.15) is 15.4 Å². The third kappa shape index (κ3) is 2.83. The highest BCUT2D eigenvalue weighted by Crippen LogP contribution is 2.17. The number of thiophene rings is 1. The number of anilines is 1. The summed E-state index contributed by atoms with van der Waals surface area (Å²) in [5.74, 6) is 0.584. The van der Waals surface area contributed by atoms with Crippen LogP contribution in [0, 0.1) is 0 Å². The van der Waals surface area contributed by atoms with E-state index >= 15 is 0 Å². The van der Waals surface area contributed by atoms with E-state index in [0.717, 1.165) is 0 Å². The van der Waals surface area contributed by atoms with Gasteiger partial charge >= 0.3 is 0 Å². The fourth-order valence-electron chi connectivity index (χ4n) is 1.73. The lowest BCUT2D eigenvalue weighted by molar-refractivity contribution is 0.0994. The minimum absolute atomic E-state index is 0.251. The van der Waals surface area contributed by atoms with Gasteiger partial charge in [-0.25, -0.2) is 4.68 Å². The van der Waals surface area contributed by atoms with Gasteiger partial charge in [-0.2, -0.15) is 5.10 Å². The first kappa shape index (κ1) is 13.1.